The first-order chi connectivity index (χ1) is 11.2. The summed E-state index contributed by atoms with van der Waals surface area (Å²) < 4.78 is 6.87. The molecule has 1 aliphatic heterocycles. The molecular formula is C17H19Cl2N3O2S. The van der Waals surface area contributed by atoms with Gasteiger partial charge in [-0.2, -0.15) is 0 Å². The largest absolute Gasteiger partial charge is 0.448 e. The van der Waals surface area contributed by atoms with E-state index in [1.54, 1.807) is 17.4 Å². The molecule has 8 heteroatoms. The van der Waals surface area contributed by atoms with Crippen molar-refractivity contribution < 1.29 is 9.21 Å². The number of thiazole rings is 1. The van der Waals surface area contributed by atoms with Gasteiger partial charge in [-0.05, 0) is 37.1 Å². The van der Waals surface area contributed by atoms with Gasteiger partial charge in [-0.25, -0.2) is 4.98 Å². The van der Waals surface area contributed by atoms with Gasteiger partial charge in [0.15, 0.2) is 16.5 Å². The molecule has 1 aliphatic rings. The number of amides is 1. The van der Waals surface area contributed by atoms with Crippen molar-refractivity contribution in [2.24, 2.45) is 5.73 Å². The van der Waals surface area contributed by atoms with E-state index >= 15 is 0 Å². The van der Waals surface area contributed by atoms with Crippen molar-refractivity contribution in [1.82, 2.24) is 9.88 Å². The number of hydrogen-bond acceptors (Lipinski definition) is 5. The van der Waals surface area contributed by atoms with Crippen LogP contribution in [-0.2, 0) is 0 Å². The molecule has 1 saturated heterocycles. The Morgan fingerprint density at radius 2 is 1.88 bits per heavy atom. The second-order valence-corrected chi connectivity index (χ2v) is 6.81. The van der Waals surface area contributed by atoms with E-state index in [9.17, 15) is 4.79 Å². The number of piperidine rings is 1. The Morgan fingerprint density at radius 1 is 1.16 bits per heavy atom. The van der Waals surface area contributed by atoms with Crippen molar-refractivity contribution in [2.45, 2.75) is 18.9 Å². The summed E-state index contributed by atoms with van der Waals surface area (Å²) in [5, 5.41) is 0.797. The highest BCUT2D eigenvalue weighted by Gasteiger charge is 2.24. The highest BCUT2D eigenvalue weighted by atomic mass is 35.5. The molecule has 1 amide bonds. The average molecular weight is 400 g/mol. The first-order valence-corrected chi connectivity index (χ1v) is 8.53. The van der Waals surface area contributed by atoms with E-state index < -0.39 is 0 Å². The van der Waals surface area contributed by atoms with Crippen LogP contribution in [0.5, 0.6) is 0 Å². The number of fused-ring (bicyclic) bond motifs is 1. The number of furan rings is 1. The van der Waals surface area contributed by atoms with Gasteiger partial charge in [0.2, 0.25) is 0 Å². The third kappa shape index (κ3) is 3.98. The van der Waals surface area contributed by atoms with Crippen LogP contribution >= 0.6 is 36.2 Å². The van der Waals surface area contributed by atoms with Gasteiger partial charge in [-0.1, -0.05) is 12.1 Å². The first-order valence-electron chi connectivity index (χ1n) is 7.71. The number of carbonyl (C=O) groups excluding carboxylic acids is 1. The second kappa shape index (κ2) is 8.19. The molecule has 0 saturated carbocycles. The van der Waals surface area contributed by atoms with E-state index in [2.05, 4.69) is 4.98 Å². The summed E-state index contributed by atoms with van der Waals surface area (Å²) in [5.74, 6) is 0.947. The minimum absolute atomic E-state index is 0. The highest BCUT2D eigenvalue weighted by molar-refractivity contribution is 7.21. The third-order valence-corrected chi connectivity index (χ3v) is 5.20. The standard InChI is InChI=1S/C17H17N3O2S.2ClH/c18-11-7-9-20(10-8-11)17(21)14-6-5-13(22-14)16-19-12-3-1-2-4-15(12)23-16;;/h1-6,11H,7-10,18H2;2*1H. The fourth-order valence-corrected chi connectivity index (χ4v) is 3.73. The summed E-state index contributed by atoms with van der Waals surface area (Å²) in [7, 11) is 0. The first kappa shape index (κ1) is 19.7. The molecule has 4 rings (SSSR count). The number of benzene rings is 1. The smallest absolute Gasteiger partial charge is 0.289 e. The van der Waals surface area contributed by atoms with Crippen molar-refractivity contribution in [3.63, 3.8) is 0 Å². The summed E-state index contributed by atoms with van der Waals surface area (Å²) >= 11 is 1.56. The topological polar surface area (TPSA) is 72.4 Å². The van der Waals surface area contributed by atoms with E-state index in [1.807, 2.05) is 35.2 Å². The van der Waals surface area contributed by atoms with Crippen LogP contribution in [0.15, 0.2) is 40.8 Å². The number of para-hydroxylation sites is 1. The van der Waals surface area contributed by atoms with E-state index in [0.717, 1.165) is 28.1 Å². The van der Waals surface area contributed by atoms with Crippen molar-refractivity contribution in [3.8, 4) is 10.8 Å². The van der Waals surface area contributed by atoms with Crippen LogP contribution < -0.4 is 5.73 Å². The van der Waals surface area contributed by atoms with Crippen LogP contribution in [0, 0.1) is 0 Å². The molecule has 25 heavy (non-hydrogen) atoms. The molecule has 3 heterocycles. The maximum atomic E-state index is 12.5. The van der Waals surface area contributed by atoms with Crippen molar-refractivity contribution in [1.29, 1.82) is 0 Å². The van der Waals surface area contributed by atoms with Gasteiger partial charge in [-0.3, -0.25) is 4.79 Å². The van der Waals surface area contributed by atoms with Crippen LogP contribution in [0.3, 0.4) is 0 Å². The fraction of sp³-hybridized carbons (Fsp3) is 0.294. The summed E-state index contributed by atoms with van der Waals surface area (Å²) in [6, 6.07) is 11.7. The summed E-state index contributed by atoms with van der Waals surface area (Å²) in [5.41, 5.74) is 6.83. The molecule has 0 atom stereocenters. The lowest BCUT2D eigenvalue weighted by molar-refractivity contribution is 0.0683. The number of nitrogens with two attached hydrogens (primary N) is 1. The number of nitrogens with zero attached hydrogens (tertiary/aromatic N) is 2. The zero-order chi connectivity index (χ0) is 15.8. The van der Waals surface area contributed by atoms with Crippen molar-refractivity contribution in [2.75, 3.05) is 13.1 Å². The SMILES string of the molecule is Cl.Cl.NC1CCN(C(=O)c2ccc(-c3nc4ccccc4s3)o2)CC1. The van der Waals surface area contributed by atoms with Crippen LogP contribution in [-0.4, -0.2) is 34.9 Å². The Kier molecular flexibility index (Phi) is 6.46. The summed E-state index contributed by atoms with van der Waals surface area (Å²) in [6.07, 6.45) is 1.69. The van der Waals surface area contributed by atoms with Gasteiger partial charge in [0.1, 0.15) is 0 Å². The number of halogens is 2. The lowest BCUT2D eigenvalue weighted by Gasteiger charge is -2.29. The molecule has 2 N–H and O–H groups in total. The summed E-state index contributed by atoms with van der Waals surface area (Å²) in [4.78, 5) is 18.9. The van der Waals surface area contributed by atoms with E-state index in [1.165, 1.54) is 0 Å². The van der Waals surface area contributed by atoms with Gasteiger partial charge < -0.3 is 15.1 Å². The lowest BCUT2D eigenvalue weighted by atomic mass is 10.1. The van der Waals surface area contributed by atoms with Crippen LogP contribution in [0.1, 0.15) is 23.4 Å². The Bertz CT molecular complexity index is 823. The van der Waals surface area contributed by atoms with Gasteiger partial charge in [0.05, 0.1) is 10.2 Å². The number of rotatable bonds is 2. The van der Waals surface area contributed by atoms with E-state index in [4.69, 9.17) is 10.2 Å². The van der Waals surface area contributed by atoms with Gasteiger partial charge >= 0.3 is 0 Å². The number of likely N-dealkylation sites (tertiary alicyclic amines) is 1. The van der Waals surface area contributed by atoms with Crippen LogP contribution in [0.2, 0.25) is 0 Å². The third-order valence-electron chi connectivity index (χ3n) is 4.15. The Labute approximate surface area is 162 Å². The molecule has 2 aromatic heterocycles. The Morgan fingerprint density at radius 3 is 2.60 bits per heavy atom. The predicted octanol–water partition coefficient (Wildman–Crippen LogP) is 3.96. The maximum absolute atomic E-state index is 12.5. The monoisotopic (exact) mass is 399 g/mol. The Balaban J connectivity index is 0.00000113. The van der Waals surface area contributed by atoms with Gasteiger partial charge in [-0.15, -0.1) is 36.2 Å². The molecular weight excluding hydrogens is 381 g/mol. The number of aromatic nitrogens is 1. The van der Waals surface area contributed by atoms with Crippen molar-refractivity contribution >= 4 is 52.3 Å². The highest BCUT2D eigenvalue weighted by Crippen LogP contribution is 2.31. The quantitative estimate of drug-likeness (QED) is 0.707. The number of carbonyl (C=O) groups is 1. The molecule has 0 spiro atoms. The van der Waals surface area contributed by atoms with Crippen LogP contribution in [0.4, 0.5) is 0 Å². The van der Waals surface area contributed by atoms with Crippen molar-refractivity contribution in [3.05, 3.63) is 42.2 Å². The normalized spacial score (nSPS) is 14.8. The molecule has 134 valence electrons. The lowest BCUT2D eigenvalue weighted by Crippen LogP contribution is -2.42. The second-order valence-electron chi connectivity index (χ2n) is 5.78. The molecule has 0 unspecified atom stereocenters. The number of hydrogen-bond donors (Lipinski definition) is 1. The molecule has 1 aromatic carbocycles. The van der Waals surface area contributed by atoms with Crippen LogP contribution in [0.25, 0.3) is 21.0 Å². The van der Waals surface area contributed by atoms with Gasteiger partial charge in [0, 0.05) is 19.1 Å². The minimum atomic E-state index is -0.0655. The predicted molar refractivity (Wildman–Crippen MR) is 105 cm³/mol. The zero-order valence-corrected chi connectivity index (χ0v) is 15.8. The minimum Gasteiger partial charge on any atom is -0.448 e. The average Bonchev–Trinajstić information content (AvgIpc) is 3.21. The molecule has 0 radical (unpaired) electrons. The molecule has 1 fully saturated rings. The zero-order valence-electron chi connectivity index (χ0n) is 13.4. The fourth-order valence-electron chi connectivity index (χ4n) is 2.80. The van der Waals surface area contributed by atoms with E-state index in [-0.39, 0.29) is 36.8 Å². The molecule has 3 aromatic rings. The molecule has 0 aliphatic carbocycles. The molecule has 0 bridgehead atoms. The molecule has 5 nitrogen and oxygen atoms in total. The summed E-state index contributed by atoms with van der Waals surface area (Å²) in [6.45, 7) is 1.38. The maximum Gasteiger partial charge on any atom is 0.289 e. The van der Waals surface area contributed by atoms with Gasteiger partial charge in [0.25, 0.3) is 5.91 Å². The van der Waals surface area contributed by atoms with E-state index in [0.29, 0.717) is 24.6 Å². The Hall–Kier alpha value is -1.60.